The molecule has 0 spiro atoms. The molecule has 6 nitrogen and oxygen atoms in total. The number of H-pyrrole nitrogens is 1. The number of nitrogens with zero attached hydrogens (tertiary/aromatic N) is 1. The molecule has 1 aromatic carbocycles. The van der Waals surface area contributed by atoms with Crippen LogP contribution < -0.4 is 11.1 Å². The highest BCUT2D eigenvalue weighted by molar-refractivity contribution is 9.10. The largest absolute Gasteiger partial charge is 0.383 e. The number of nitrogens with one attached hydrogen (secondary N) is 2. The molecule has 0 bridgehead atoms. The van der Waals surface area contributed by atoms with Crippen molar-refractivity contribution < 1.29 is 9.53 Å². The van der Waals surface area contributed by atoms with E-state index in [1.165, 1.54) is 7.11 Å². The molecule has 0 radical (unpaired) electrons. The van der Waals surface area contributed by atoms with Crippen LogP contribution in [-0.4, -0.2) is 35.9 Å². The van der Waals surface area contributed by atoms with E-state index in [0.29, 0.717) is 5.82 Å². The molecule has 1 amide bonds. The lowest BCUT2D eigenvalue weighted by atomic mass is 10.1. The van der Waals surface area contributed by atoms with Gasteiger partial charge in [0.1, 0.15) is 6.04 Å². The van der Waals surface area contributed by atoms with E-state index >= 15 is 0 Å². The third kappa shape index (κ3) is 4.78. The van der Waals surface area contributed by atoms with Gasteiger partial charge in [0.05, 0.1) is 12.3 Å². The zero-order valence-electron chi connectivity index (χ0n) is 12.9. The van der Waals surface area contributed by atoms with Crippen LogP contribution in [0.25, 0.3) is 11.3 Å². The maximum Gasteiger partial charge on any atom is 0.244 e. The second-order valence-corrected chi connectivity index (χ2v) is 5.75. The number of benzene rings is 1. The molecule has 8 heteroatoms. The molecule has 4 N–H and O–H groups in total. The lowest BCUT2D eigenvalue weighted by Gasteiger charge is -2.10. The number of methoxy groups -OCH3 is 1. The first-order valence-electron chi connectivity index (χ1n) is 6.95. The van der Waals surface area contributed by atoms with Crippen LogP contribution in [0.4, 0.5) is 5.82 Å². The Labute approximate surface area is 149 Å². The number of nitrogens with two attached hydrogens (primary N) is 1. The SMILES string of the molecule is CCc1c(NC(=O)C(N)COC)n[nH]c1-c1ccc(Br)cc1.Cl. The number of halogens is 2. The van der Waals surface area contributed by atoms with E-state index in [0.717, 1.165) is 27.7 Å². The standard InChI is InChI=1S/C15H19BrN4O2.ClH/c1-3-11-13(9-4-6-10(16)7-5-9)19-20-14(11)18-15(21)12(17)8-22-2;/h4-7,12H,3,8,17H2,1-2H3,(H2,18,19,20,21);1H. The summed E-state index contributed by atoms with van der Waals surface area (Å²) in [4.78, 5) is 12.0. The van der Waals surface area contributed by atoms with Gasteiger partial charge in [0.15, 0.2) is 5.82 Å². The van der Waals surface area contributed by atoms with E-state index in [2.05, 4.69) is 31.4 Å². The number of anilines is 1. The van der Waals surface area contributed by atoms with Gasteiger partial charge >= 0.3 is 0 Å². The number of carbonyl (C=O) groups excluding carboxylic acids is 1. The van der Waals surface area contributed by atoms with Gasteiger partial charge in [0, 0.05) is 17.1 Å². The van der Waals surface area contributed by atoms with Gasteiger partial charge in [-0.3, -0.25) is 9.89 Å². The highest BCUT2D eigenvalue weighted by Gasteiger charge is 2.19. The third-order valence-corrected chi connectivity index (χ3v) is 3.81. The number of amides is 1. The molecule has 23 heavy (non-hydrogen) atoms. The number of aromatic amines is 1. The Morgan fingerprint density at radius 2 is 2.09 bits per heavy atom. The van der Waals surface area contributed by atoms with E-state index in [-0.39, 0.29) is 24.9 Å². The summed E-state index contributed by atoms with van der Waals surface area (Å²) in [6.07, 6.45) is 0.733. The summed E-state index contributed by atoms with van der Waals surface area (Å²) in [5.74, 6) is 0.197. The van der Waals surface area contributed by atoms with E-state index in [9.17, 15) is 4.79 Å². The van der Waals surface area contributed by atoms with Crippen LogP contribution in [0.3, 0.4) is 0 Å². The maximum absolute atomic E-state index is 12.0. The number of hydrogen-bond acceptors (Lipinski definition) is 4. The Kier molecular flexibility index (Phi) is 7.70. The van der Waals surface area contributed by atoms with Crippen LogP contribution >= 0.6 is 28.3 Å². The molecular formula is C15H20BrClN4O2. The fourth-order valence-electron chi connectivity index (χ4n) is 2.13. The summed E-state index contributed by atoms with van der Waals surface area (Å²) >= 11 is 3.41. The van der Waals surface area contributed by atoms with Crippen molar-refractivity contribution in [3.63, 3.8) is 0 Å². The van der Waals surface area contributed by atoms with Crippen LogP contribution in [0.1, 0.15) is 12.5 Å². The molecule has 0 aliphatic rings. The highest BCUT2D eigenvalue weighted by atomic mass is 79.9. The molecule has 0 fully saturated rings. The van der Waals surface area contributed by atoms with Gasteiger partial charge in [-0.2, -0.15) is 5.10 Å². The lowest BCUT2D eigenvalue weighted by Crippen LogP contribution is -2.39. The van der Waals surface area contributed by atoms with Gasteiger partial charge in [0.25, 0.3) is 0 Å². The van der Waals surface area contributed by atoms with Crippen molar-refractivity contribution in [1.29, 1.82) is 0 Å². The normalized spacial score (nSPS) is 11.7. The third-order valence-electron chi connectivity index (χ3n) is 3.28. The fraction of sp³-hybridized carbons (Fsp3) is 0.333. The molecule has 1 unspecified atom stereocenters. The number of carbonyl (C=O) groups is 1. The number of rotatable bonds is 6. The van der Waals surface area contributed by atoms with Crippen LogP contribution in [-0.2, 0) is 16.0 Å². The second-order valence-electron chi connectivity index (χ2n) is 4.84. The minimum atomic E-state index is -0.720. The van der Waals surface area contributed by atoms with Gasteiger partial charge < -0.3 is 15.8 Å². The molecule has 1 atom stereocenters. The Bertz CT molecular complexity index is 645. The van der Waals surface area contributed by atoms with Crippen molar-refractivity contribution in [3.05, 3.63) is 34.3 Å². The molecule has 0 aliphatic heterocycles. The van der Waals surface area contributed by atoms with Crippen LogP contribution in [0.15, 0.2) is 28.7 Å². The molecule has 1 heterocycles. The van der Waals surface area contributed by atoms with Crippen molar-refractivity contribution in [3.8, 4) is 11.3 Å². The first-order valence-corrected chi connectivity index (χ1v) is 7.74. The molecule has 0 saturated carbocycles. The van der Waals surface area contributed by atoms with Crippen molar-refractivity contribution in [2.24, 2.45) is 5.73 Å². The van der Waals surface area contributed by atoms with Crippen molar-refractivity contribution in [2.45, 2.75) is 19.4 Å². The summed E-state index contributed by atoms with van der Waals surface area (Å²) in [5, 5.41) is 9.94. The topological polar surface area (TPSA) is 93.0 Å². The van der Waals surface area contributed by atoms with E-state index in [1.54, 1.807) is 0 Å². The minimum absolute atomic E-state index is 0. The average molecular weight is 404 g/mol. The molecule has 0 aliphatic carbocycles. The van der Waals surface area contributed by atoms with Crippen molar-refractivity contribution in [1.82, 2.24) is 10.2 Å². The average Bonchev–Trinajstić information content (AvgIpc) is 2.90. The van der Waals surface area contributed by atoms with Crippen LogP contribution in [0, 0.1) is 0 Å². The Balaban J connectivity index is 0.00000264. The fourth-order valence-corrected chi connectivity index (χ4v) is 2.40. The van der Waals surface area contributed by atoms with E-state index < -0.39 is 6.04 Å². The van der Waals surface area contributed by atoms with Gasteiger partial charge in [-0.05, 0) is 24.1 Å². The Morgan fingerprint density at radius 3 is 2.65 bits per heavy atom. The highest BCUT2D eigenvalue weighted by Crippen LogP contribution is 2.28. The summed E-state index contributed by atoms with van der Waals surface area (Å²) in [6, 6.07) is 7.17. The molecule has 2 rings (SSSR count). The molecule has 2 aromatic rings. The molecular weight excluding hydrogens is 384 g/mol. The van der Waals surface area contributed by atoms with Gasteiger partial charge in [-0.1, -0.05) is 35.0 Å². The number of ether oxygens (including phenoxy) is 1. The maximum atomic E-state index is 12.0. The van der Waals surface area contributed by atoms with Gasteiger partial charge in [-0.15, -0.1) is 12.4 Å². The first-order chi connectivity index (χ1) is 10.6. The lowest BCUT2D eigenvalue weighted by molar-refractivity contribution is -0.118. The Hall–Kier alpha value is -1.41. The zero-order valence-corrected chi connectivity index (χ0v) is 15.3. The molecule has 126 valence electrons. The van der Waals surface area contributed by atoms with Crippen molar-refractivity contribution >= 4 is 40.1 Å². The zero-order chi connectivity index (χ0) is 16.1. The van der Waals surface area contributed by atoms with Gasteiger partial charge in [0.2, 0.25) is 5.91 Å². The van der Waals surface area contributed by atoms with E-state index in [1.807, 2.05) is 31.2 Å². The van der Waals surface area contributed by atoms with Gasteiger partial charge in [-0.25, -0.2) is 0 Å². The molecule has 0 saturated heterocycles. The quantitative estimate of drug-likeness (QED) is 0.691. The smallest absolute Gasteiger partial charge is 0.244 e. The predicted octanol–water partition coefficient (Wildman–Crippen LogP) is 2.74. The van der Waals surface area contributed by atoms with Crippen molar-refractivity contribution in [2.75, 3.05) is 19.0 Å². The number of hydrogen-bond donors (Lipinski definition) is 3. The number of aromatic nitrogens is 2. The monoisotopic (exact) mass is 402 g/mol. The van der Waals surface area contributed by atoms with E-state index in [4.69, 9.17) is 10.5 Å². The van der Waals surface area contributed by atoms with Crippen LogP contribution in [0.2, 0.25) is 0 Å². The summed E-state index contributed by atoms with van der Waals surface area (Å²) in [7, 11) is 1.50. The summed E-state index contributed by atoms with van der Waals surface area (Å²) < 4.78 is 5.89. The minimum Gasteiger partial charge on any atom is -0.383 e. The summed E-state index contributed by atoms with van der Waals surface area (Å²) in [6.45, 7) is 2.18. The van der Waals surface area contributed by atoms with Crippen LogP contribution in [0.5, 0.6) is 0 Å². The Morgan fingerprint density at radius 1 is 1.43 bits per heavy atom. The summed E-state index contributed by atoms with van der Waals surface area (Å²) in [5.41, 5.74) is 8.57. The second kappa shape index (κ2) is 9.02. The first kappa shape index (κ1) is 19.6. The molecule has 1 aromatic heterocycles. The predicted molar refractivity (Wildman–Crippen MR) is 96.8 cm³/mol.